The quantitative estimate of drug-likeness (QED) is 0.510. The zero-order chi connectivity index (χ0) is 19.5. The van der Waals surface area contributed by atoms with Crippen LogP contribution in [0.2, 0.25) is 0 Å². The smallest absolute Gasteiger partial charge is 0.329 e. The zero-order valence-electron chi connectivity index (χ0n) is 15.5. The number of likely N-dealkylation sites (tertiary alicyclic amines) is 1. The van der Waals surface area contributed by atoms with Gasteiger partial charge in [0, 0.05) is 12.5 Å². The third kappa shape index (κ3) is 7.81. The van der Waals surface area contributed by atoms with Crippen LogP contribution in [0.5, 0.6) is 0 Å². The average molecular weight is 373 g/mol. The van der Waals surface area contributed by atoms with Crippen LogP contribution in [0, 0.1) is 11.8 Å². The second-order valence-corrected chi connectivity index (χ2v) is 6.73. The summed E-state index contributed by atoms with van der Waals surface area (Å²) in [7, 11) is 0. The molecule has 6 nitrogen and oxygen atoms in total. The van der Waals surface area contributed by atoms with E-state index in [1.807, 2.05) is 30.3 Å². The third-order valence-corrected chi connectivity index (χ3v) is 4.61. The van der Waals surface area contributed by atoms with Crippen LogP contribution in [0.15, 0.2) is 30.3 Å². The molecule has 0 radical (unpaired) electrons. The van der Waals surface area contributed by atoms with E-state index in [-0.39, 0.29) is 25.2 Å². The molecule has 1 aromatic carbocycles. The van der Waals surface area contributed by atoms with E-state index in [9.17, 15) is 14.7 Å². The number of amides is 1. The zero-order valence-corrected chi connectivity index (χ0v) is 15.5. The van der Waals surface area contributed by atoms with Crippen molar-refractivity contribution in [2.75, 3.05) is 19.8 Å². The molecule has 1 fully saturated rings. The number of nitrogens with zero attached hydrogens (tertiary/aromatic N) is 1. The molecule has 1 unspecified atom stereocenters. The van der Waals surface area contributed by atoms with Crippen LogP contribution in [0.3, 0.4) is 0 Å². The summed E-state index contributed by atoms with van der Waals surface area (Å²) in [5.74, 6) is 4.70. The van der Waals surface area contributed by atoms with E-state index in [0.717, 1.165) is 24.8 Å². The van der Waals surface area contributed by atoms with Gasteiger partial charge < -0.3 is 19.8 Å². The molecule has 27 heavy (non-hydrogen) atoms. The fourth-order valence-corrected chi connectivity index (χ4v) is 3.26. The number of aliphatic hydroxyl groups is 1. The lowest BCUT2D eigenvalue weighted by atomic mass is 9.94. The number of carboxylic acids is 1. The number of aliphatic carboxylic acids is 1. The molecule has 1 aliphatic heterocycles. The molecule has 1 heterocycles. The SMILES string of the molecule is O=C(O)COCC#CCN1C(=O)CCC[C@@H]1CCC(O)Cc1ccccc1. The summed E-state index contributed by atoms with van der Waals surface area (Å²) < 4.78 is 4.86. The number of hydrogen-bond donors (Lipinski definition) is 2. The Bertz CT molecular complexity index is 664. The van der Waals surface area contributed by atoms with Gasteiger partial charge in [0.1, 0.15) is 13.2 Å². The molecule has 1 aliphatic rings. The number of hydrogen-bond acceptors (Lipinski definition) is 4. The molecule has 0 aliphatic carbocycles. The van der Waals surface area contributed by atoms with Gasteiger partial charge >= 0.3 is 5.97 Å². The highest BCUT2D eigenvalue weighted by Crippen LogP contribution is 2.22. The minimum Gasteiger partial charge on any atom is -0.480 e. The molecule has 6 heteroatoms. The molecule has 1 aromatic rings. The number of rotatable bonds is 9. The number of benzene rings is 1. The molecule has 0 spiro atoms. The van der Waals surface area contributed by atoms with Crippen molar-refractivity contribution in [1.82, 2.24) is 4.90 Å². The van der Waals surface area contributed by atoms with Gasteiger partial charge in [-0.05, 0) is 37.7 Å². The molecule has 1 amide bonds. The van der Waals surface area contributed by atoms with E-state index in [2.05, 4.69) is 11.8 Å². The van der Waals surface area contributed by atoms with E-state index in [4.69, 9.17) is 9.84 Å². The van der Waals surface area contributed by atoms with Gasteiger partial charge in [-0.2, -0.15) is 0 Å². The molecule has 1 saturated heterocycles. The minimum atomic E-state index is -1.03. The monoisotopic (exact) mass is 373 g/mol. The fraction of sp³-hybridized carbons (Fsp3) is 0.524. The number of piperidine rings is 1. The van der Waals surface area contributed by atoms with Gasteiger partial charge in [-0.25, -0.2) is 4.79 Å². The Labute approximate surface area is 160 Å². The van der Waals surface area contributed by atoms with Gasteiger partial charge in [0.05, 0.1) is 12.6 Å². The summed E-state index contributed by atoms with van der Waals surface area (Å²) in [5, 5.41) is 18.8. The van der Waals surface area contributed by atoms with Crippen LogP contribution < -0.4 is 0 Å². The minimum absolute atomic E-state index is 0.0365. The summed E-state index contributed by atoms with van der Waals surface area (Å²) in [4.78, 5) is 24.4. The maximum Gasteiger partial charge on any atom is 0.329 e. The standard InChI is InChI=1S/C21H27NO5/c23-19(15-17-7-2-1-3-8-17)12-11-18-9-6-10-20(24)22(18)13-4-5-14-27-16-21(25)26/h1-3,7-8,18-19,23H,6,9-16H2,(H,25,26)/t18-,19?/m1/s1. The Morgan fingerprint density at radius 2 is 2.07 bits per heavy atom. The van der Waals surface area contributed by atoms with E-state index in [1.165, 1.54) is 0 Å². The van der Waals surface area contributed by atoms with Gasteiger partial charge in [-0.1, -0.05) is 42.2 Å². The first-order valence-electron chi connectivity index (χ1n) is 9.33. The summed E-state index contributed by atoms with van der Waals surface area (Å²) in [6.45, 7) is -0.0250. The first kappa shape index (κ1) is 20.9. The highest BCUT2D eigenvalue weighted by atomic mass is 16.5. The van der Waals surface area contributed by atoms with Gasteiger partial charge in [-0.15, -0.1) is 0 Å². The number of ether oxygens (including phenoxy) is 1. The van der Waals surface area contributed by atoms with Crippen molar-refractivity contribution in [3.8, 4) is 11.8 Å². The lowest BCUT2D eigenvalue weighted by molar-refractivity contribution is -0.141. The van der Waals surface area contributed by atoms with Gasteiger partial charge in [0.15, 0.2) is 0 Å². The number of carboxylic acid groups (broad SMARTS) is 1. The highest BCUT2D eigenvalue weighted by molar-refractivity contribution is 5.77. The summed E-state index contributed by atoms with van der Waals surface area (Å²) >= 11 is 0. The Balaban J connectivity index is 1.79. The van der Waals surface area contributed by atoms with E-state index >= 15 is 0 Å². The van der Waals surface area contributed by atoms with Crippen molar-refractivity contribution in [3.05, 3.63) is 35.9 Å². The van der Waals surface area contributed by atoms with Crippen molar-refractivity contribution in [2.45, 2.75) is 50.7 Å². The largest absolute Gasteiger partial charge is 0.480 e. The maximum atomic E-state index is 12.2. The topological polar surface area (TPSA) is 87.1 Å². The predicted octanol–water partition coefficient (Wildman–Crippen LogP) is 1.86. The number of carbonyl (C=O) groups is 2. The first-order chi connectivity index (χ1) is 13.1. The molecular weight excluding hydrogens is 346 g/mol. The van der Waals surface area contributed by atoms with Crippen LogP contribution in [-0.4, -0.2) is 58.9 Å². The van der Waals surface area contributed by atoms with Crippen LogP contribution in [0.1, 0.15) is 37.7 Å². The molecule has 0 saturated carbocycles. The Hall–Kier alpha value is -2.36. The lowest BCUT2D eigenvalue weighted by Crippen LogP contribution is -2.44. The van der Waals surface area contributed by atoms with Gasteiger partial charge in [0.25, 0.3) is 0 Å². The van der Waals surface area contributed by atoms with Crippen LogP contribution in [-0.2, 0) is 20.7 Å². The van der Waals surface area contributed by atoms with Crippen molar-refractivity contribution in [2.24, 2.45) is 0 Å². The van der Waals surface area contributed by atoms with Crippen molar-refractivity contribution >= 4 is 11.9 Å². The van der Waals surface area contributed by atoms with E-state index < -0.39 is 12.1 Å². The molecule has 0 aromatic heterocycles. The van der Waals surface area contributed by atoms with Gasteiger partial charge in [-0.3, -0.25) is 4.79 Å². The Morgan fingerprint density at radius 1 is 1.30 bits per heavy atom. The summed E-state index contributed by atoms with van der Waals surface area (Å²) in [6, 6.07) is 9.97. The van der Waals surface area contributed by atoms with Crippen molar-refractivity contribution in [1.29, 1.82) is 0 Å². The third-order valence-electron chi connectivity index (χ3n) is 4.61. The van der Waals surface area contributed by atoms with Crippen LogP contribution >= 0.6 is 0 Å². The first-order valence-corrected chi connectivity index (χ1v) is 9.33. The van der Waals surface area contributed by atoms with E-state index in [0.29, 0.717) is 25.8 Å². The molecule has 2 N–H and O–H groups in total. The highest BCUT2D eigenvalue weighted by Gasteiger charge is 2.27. The Kier molecular flexibility index (Phi) is 8.82. The second kappa shape index (κ2) is 11.4. The predicted molar refractivity (Wildman–Crippen MR) is 101 cm³/mol. The van der Waals surface area contributed by atoms with Crippen LogP contribution in [0.25, 0.3) is 0 Å². The lowest BCUT2D eigenvalue weighted by Gasteiger charge is -2.35. The van der Waals surface area contributed by atoms with Crippen molar-refractivity contribution in [3.63, 3.8) is 0 Å². The van der Waals surface area contributed by atoms with Crippen molar-refractivity contribution < 1.29 is 24.5 Å². The van der Waals surface area contributed by atoms with Gasteiger partial charge in [0.2, 0.25) is 5.91 Å². The second-order valence-electron chi connectivity index (χ2n) is 6.73. The number of aliphatic hydroxyl groups excluding tert-OH is 1. The molecule has 0 bridgehead atoms. The fourth-order valence-electron chi connectivity index (χ4n) is 3.26. The molecule has 2 atom stereocenters. The summed E-state index contributed by atoms with van der Waals surface area (Å²) in [6.07, 6.45) is 3.88. The van der Waals surface area contributed by atoms with Crippen LogP contribution in [0.4, 0.5) is 0 Å². The Morgan fingerprint density at radius 3 is 2.81 bits per heavy atom. The number of carbonyl (C=O) groups excluding carboxylic acids is 1. The maximum absolute atomic E-state index is 12.2. The normalized spacial score (nSPS) is 17.9. The molecule has 2 rings (SSSR count). The summed E-state index contributed by atoms with van der Waals surface area (Å²) in [5.41, 5.74) is 1.11. The van der Waals surface area contributed by atoms with E-state index in [1.54, 1.807) is 4.90 Å². The molecular formula is C21H27NO5. The average Bonchev–Trinajstić information content (AvgIpc) is 2.65. The molecule has 146 valence electrons.